The fourth-order valence-corrected chi connectivity index (χ4v) is 5.92. The molecule has 0 radical (unpaired) electrons. The molecule has 0 aliphatic carbocycles. The van der Waals surface area contributed by atoms with Gasteiger partial charge in [-0.25, -0.2) is 8.42 Å². The third-order valence-corrected chi connectivity index (χ3v) is 8.89. The molecule has 0 saturated heterocycles. The molecule has 8 nitrogen and oxygen atoms in total. The van der Waals surface area contributed by atoms with Crippen LogP contribution in [0.3, 0.4) is 0 Å². The lowest BCUT2D eigenvalue weighted by Gasteiger charge is -2.33. The smallest absolute Gasteiger partial charge is 0.264 e. The Hall–Kier alpha value is -2.98. The summed E-state index contributed by atoms with van der Waals surface area (Å²) < 4.78 is 33.9. The van der Waals surface area contributed by atoms with Crippen molar-refractivity contribution < 1.29 is 22.7 Å². The van der Waals surface area contributed by atoms with Crippen LogP contribution >= 0.6 is 34.8 Å². The maximum absolute atomic E-state index is 14.0. The number of benzene rings is 3. The third kappa shape index (κ3) is 7.60. The van der Waals surface area contributed by atoms with E-state index in [0.29, 0.717) is 39.3 Å². The predicted octanol–water partition coefficient (Wildman–Crippen LogP) is 5.79. The lowest BCUT2D eigenvalue weighted by Crippen LogP contribution is -2.52. The standard InChI is InChI=1S/C28H30Cl3N3O5S/c1-4-26(28(36)32-5-2)33(17-19-6-15-24(30)25(31)16-19)27(35)18-34(21-9-7-20(29)8-10-21)40(37,38)23-13-11-22(39-3)12-14-23/h6-16,26H,4-5,17-18H2,1-3H3,(H,32,36)/t26-/m0/s1. The van der Waals surface area contributed by atoms with Crippen LogP contribution in [0.4, 0.5) is 5.69 Å². The molecule has 0 aromatic heterocycles. The summed E-state index contributed by atoms with van der Waals surface area (Å²) in [6, 6.07) is 16.0. The molecule has 40 heavy (non-hydrogen) atoms. The number of hydrogen-bond donors (Lipinski definition) is 1. The van der Waals surface area contributed by atoms with Gasteiger partial charge in [-0.2, -0.15) is 0 Å². The summed E-state index contributed by atoms with van der Waals surface area (Å²) in [7, 11) is -2.74. The predicted molar refractivity (Wildman–Crippen MR) is 159 cm³/mol. The van der Waals surface area contributed by atoms with E-state index in [4.69, 9.17) is 39.5 Å². The topological polar surface area (TPSA) is 96.0 Å². The van der Waals surface area contributed by atoms with Gasteiger partial charge in [0.2, 0.25) is 11.8 Å². The highest BCUT2D eigenvalue weighted by molar-refractivity contribution is 7.92. The van der Waals surface area contributed by atoms with Crippen LogP contribution in [0.15, 0.2) is 71.6 Å². The summed E-state index contributed by atoms with van der Waals surface area (Å²) in [6.45, 7) is 3.35. The molecule has 214 valence electrons. The highest BCUT2D eigenvalue weighted by atomic mass is 35.5. The fourth-order valence-electron chi connectivity index (χ4n) is 4.06. The van der Waals surface area contributed by atoms with Crippen molar-refractivity contribution in [3.8, 4) is 5.75 Å². The van der Waals surface area contributed by atoms with Crippen molar-refractivity contribution in [3.05, 3.63) is 87.4 Å². The zero-order chi connectivity index (χ0) is 29.4. The number of nitrogens with one attached hydrogen (secondary N) is 1. The highest BCUT2D eigenvalue weighted by Gasteiger charge is 2.33. The van der Waals surface area contributed by atoms with E-state index in [-0.39, 0.29) is 23.0 Å². The van der Waals surface area contributed by atoms with Gasteiger partial charge in [-0.3, -0.25) is 13.9 Å². The van der Waals surface area contributed by atoms with Crippen LogP contribution in [0, 0.1) is 0 Å². The van der Waals surface area contributed by atoms with Crippen LogP contribution in [-0.2, 0) is 26.2 Å². The molecule has 0 aliphatic rings. The second-order valence-electron chi connectivity index (χ2n) is 8.75. The molecule has 3 aromatic carbocycles. The van der Waals surface area contributed by atoms with E-state index < -0.39 is 28.5 Å². The molecular weight excluding hydrogens is 597 g/mol. The molecule has 0 aliphatic heterocycles. The van der Waals surface area contributed by atoms with Gasteiger partial charge in [-0.05, 0) is 79.6 Å². The molecule has 1 atom stereocenters. The molecule has 0 unspecified atom stereocenters. The van der Waals surface area contributed by atoms with Gasteiger partial charge in [0.05, 0.1) is 27.7 Å². The van der Waals surface area contributed by atoms with Gasteiger partial charge in [0, 0.05) is 18.1 Å². The van der Waals surface area contributed by atoms with E-state index >= 15 is 0 Å². The number of rotatable bonds is 12. The number of ether oxygens (including phenoxy) is 1. The minimum Gasteiger partial charge on any atom is -0.497 e. The van der Waals surface area contributed by atoms with Gasteiger partial charge in [0.1, 0.15) is 18.3 Å². The number of methoxy groups -OCH3 is 1. The number of hydrogen-bond acceptors (Lipinski definition) is 5. The van der Waals surface area contributed by atoms with E-state index in [1.807, 2.05) is 0 Å². The Balaban J connectivity index is 2.06. The summed E-state index contributed by atoms with van der Waals surface area (Å²) in [4.78, 5) is 28.3. The van der Waals surface area contributed by atoms with Crippen LogP contribution < -0.4 is 14.4 Å². The number of amides is 2. The average Bonchev–Trinajstić information content (AvgIpc) is 2.94. The highest BCUT2D eigenvalue weighted by Crippen LogP contribution is 2.28. The van der Waals surface area contributed by atoms with Crippen molar-refractivity contribution in [2.75, 3.05) is 24.5 Å². The molecule has 1 N–H and O–H groups in total. The molecule has 12 heteroatoms. The maximum atomic E-state index is 14.0. The Bertz CT molecular complexity index is 1430. The maximum Gasteiger partial charge on any atom is 0.264 e. The van der Waals surface area contributed by atoms with Crippen LogP contribution in [0.25, 0.3) is 0 Å². The molecule has 0 spiro atoms. The summed E-state index contributed by atoms with van der Waals surface area (Å²) in [5.41, 5.74) is 0.857. The Morgan fingerprint density at radius 2 is 1.57 bits per heavy atom. The zero-order valence-electron chi connectivity index (χ0n) is 22.2. The van der Waals surface area contributed by atoms with Crippen LogP contribution in [-0.4, -0.2) is 51.4 Å². The summed E-state index contributed by atoms with van der Waals surface area (Å²) in [5.74, 6) is -0.459. The Kier molecular flexibility index (Phi) is 11.1. The van der Waals surface area contributed by atoms with Gasteiger partial charge < -0.3 is 15.0 Å². The lowest BCUT2D eigenvalue weighted by molar-refractivity contribution is -0.140. The molecular formula is C28H30Cl3N3O5S. The van der Waals surface area contributed by atoms with Crippen molar-refractivity contribution >= 4 is 62.3 Å². The molecule has 0 saturated carbocycles. The van der Waals surface area contributed by atoms with E-state index in [9.17, 15) is 18.0 Å². The first-order chi connectivity index (χ1) is 19.0. The number of carbonyl (C=O) groups is 2. The second kappa shape index (κ2) is 14.1. The number of anilines is 1. The minimum absolute atomic E-state index is 0.00239. The monoisotopic (exact) mass is 625 g/mol. The Morgan fingerprint density at radius 1 is 0.925 bits per heavy atom. The first-order valence-electron chi connectivity index (χ1n) is 12.4. The van der Waals surface area contributed by atoms with Gasteiger partial charge >= 0.3 is 0 Å². The first-order valence-corrected chi connectivity index (χ1v) is 15.0. The van der Waals surface area contributed by atoms with E-state index in [1.54, 1.807) is 32.0 Å². The minimum atomic E-state index is -4.22. The Labute approximate surface area is 249 Å². The van der Waals surface area contributed by atoms with Gasteiger partial charge in [0.15, 0.2) is 0 Å². The number of likely N-dealkylation sites (N-methyl/N-ethyl adjacent to an activating group) is 1. The van der Waals surface area contributed by atoms with Crippen molar-refractivity contribution in [2.24, 2.45) is 0 Å². The van der Waals surface area contributed by atoms with Crippen molar-refractivity contribution in [3.63, 3.8) is 0 Å². The molecule has 0 bridgehead atoms. The van der Waals surface area contributed by atoms with E-state index in [0.717, 1.165) is 4.31 Å². The average molecular weight is 627 g/mol. The van der Waals surface area contributed by atoms with Gasteiger partial charge in [-0.1, -0.05) is 47.8 Å². The molecule has 2 amide bonds. The number of sulfonamides is 1. The quantitative estimate of drug-likeness (QED) is 0.274. The van der Waals surface area contributed by atoms with E-state index in [1.165, 1.54) is 60.5 Å². The van der Waals surface area contributed by atoms with Crippen molar-refractivity contribution in [1.29, 1.82) is 0 Å². The second-order valence-corrected chi connectivity index (χ2v) is 11.9. The number of nitrogens with zero attached hydrogens (tertiary/aromatic N) is 2. The van der Waals surface area contributed by atoms with Crippen molar-refractivity contribution in [2.45, 2.75) is 37.8 Å². The SMILES string of the molecule is CCNC(=O)[C@H](CC)N(Cc1ccc(Cl)c(Cl)c1)C(=O)CN(c1ccc(Cl)cc1)S(=O)(=O)c1ccc(OC)cc1. The number of halogens is 3. The normalized spacial score (nSPS) is 11.9. The van der Waals surface area contributed by atoms with Crippen LogP contribution in [0.2, 0.25) is 15.1 Å². The largest absolute Gasteiger partial charge is 0.497 e. The van der Waals surface area contributed by atoms with Crippen LogP contribution in [0.1, 0.15) is 25.8 Å². The summed E-state index contributed by atoms with van der Waals surface area (Å²) >= 11 is 18.3. The molecule has 3 rings (SSSR count). The van der Waals surface area contributed by atoms with Gasteiger partial charge in [-0.15, -0.1) is 0 Å². The third-order valence-electron chi connectivity index (χ3n) is 6.11. The van der Waals surface area contributed by atoms with Crippen LogP contribution in [0.5, 0.6) is 5.75 Å². The van der Waals surface area contributed by atoms with Crippen molar-refractivity contribution in [1.82, 2.24) is 10.2 Å². The first kappa shape index (κ1) is 31.5. The Morgan fingerprint density at radius 3 is 2.12 bits per heavy atom. The zero-order valence-corrected chi connectivity index (χ0v) is 25.3. The van der Waals surface area contributed by atoms with E-state index in [2.05, 4.69) is 5.32 Å². The molecule has 0 fully saturated rings. The molecule has 3 aromatic rings. The summed E-state index contributed by atoms with van der Waals surface area (Å²) in [5, 5.41) is 3.80. The fraction of sp³-hybridized carbons (Fsp3) is 0.286. The van der Waals surface area contributed by atoms with Gasteiger partial charge in [0.25, 0.3) is 10.0 Å². The molecule has 0 heterocycles. The lowest BCUT2D eigenvalue weighted by atomic mass is 10.1. The summed E-state index contributed by atoms with van der Waals surface area (Å²) in [6.07, 6.45) is 0.297. The number of carbonyl (C=O) groups excluding carboxylic acids is 2.